The standard InChI is InChI=1S/C16H19NO3/c1-16(15(19)20)9-4-10-17(16)14(18)13-8-3-6-11-5-2-7-12(11)13/h3,6,8H,2,4-5,7,9-10H2,1H3,(H,19,20)/t16-/m0/s1. The number of carbonyl (C=O) groups excluding carboxylic acids is 1. The van der Waals surface area contributed by atoms with Gasteiger partial charge in [0.2, 0.25) is 0 Å². The molecule has 20 heavy (non-hydrogen) atoms. The van der Waals surface area contributed by atoms with E-state index in [9.17, 15) is 14.7 Å². The summed E-state index contributed by atoms with van der Waals surface area (Å²) in [6.45, 7) is 2.19. The van der Waals surface area contributed by atoms with Crippen LogP contribution in [0.1, 0.15) is 47.7 Å². The molecule has 1 heterocycles. The highest BCUT2D eigenvalue weighted by Gasteiger charge is 2.46. The van der Waals surface area contributed by atoms with Gasteiger partial charge in [-0.3, -0.25) is 4.79 Å². The Balaban J connectivity index is 1.98. The second-order valence-corrected chi connectivity index (χ2v) is 5.94. The zero-order valence-electron chi connectivity index (χ0n) is 11.7. The number of nitrogens with zero attached hydrogens (tertiary/aromatic N) is 1. The van der Waals surface area contributed by atoms with Gasteiger partial charge in [0, 0.05) is 12.1 Å². The summed E-state index contributed by atoms with van der Waals surface area (Å²) in [4.78, 5) is 25.8. The Morgan fingerprint density at radius 1 is 1.25 bits per heavy atom. The zero-order chi connectivity index (χ0) is 14.3. The molecular formula is C16H19NO3. The first-order valence-corrected chi connectivity index (χ1v) is 7.20. The molecular weight excluding hydrogens is 254 g/mol. The van der Waals surface area contributed by atoms with E-state index in [4.69, 9.17) is 0 Å². The summed E-state index contributed by atoms with van der Waals surface area (Å²) < 4.78 is 0. The first-order valence-electron chi connectivity index (χ1n) is 7.20. The number of carboxylic acids is 1. The van der Waals surface area contributed by atoms with Crippen molar-refractivity contribution in [3.63, 3.8) is 0 Å². The summed E-state index contributed by atoms with van der Waals surface area (Å²) >= 11 is 0. The van der Waals surface area contributed by atoms with E-state index in [1.165, 1.54) is 5.56 Å². The minimum absolute atomic E-state index is 0.119. The number of carbonyl (C=O) groups is 2. The van der Waals surface area contributed by atoms with Crippen LogP contribution in [0.3, 0.4) is 0 Å². The predicted molar refractivity (Wildman–Crippen MR) is 74.8 cm³/mol. The molecule has 1 fully saturated rings. The highest BCUT2D eigenvalue weighted by molar-refractivity contribution is 5.99. The van der Waals surface area contributed by atoms with Gasteiger partial charge in [-0.15, -0.1) is 0 Å². The van der Waals surface area contributed by atoms with Crippen molar-refractivity contribution < 1.29 is 14.7 Å². The van der Waals surface area contributed by atoms with Gasteiger partial charge in [0.15, 0.2) is 0 Å². The molecule has 1 atom stereocenters. The lowest BCUT2D eigenvalue weighted by Gasteiger charge is -2.31. The summed E-state index contributed by atoms with van der Waals surface area (Å²) in [7, 11) is 0. The van der Waals surface area contributed by atoms with E-state index in [-0.39, 0.29) is 5.91 Å². The minimum Gasteiger partial charge on any atom is -0.480 e. The van der Waals surface area contributed by atoms with Crippen LogP contribution < -0.4 is 0 Å². The van der Waals surface area contributed by atoms with Crippen molar-refractivity contribution in [1.82, 2.24) is 4.90 Å². The summed E-state index contributed by atoms with van der Waals surface area (Å²) in [5.41, 5.74) is 2.01. The van der Waals surface area contributed by atoms with Crippen LogP contribution in [0, 0.1) is 0 Å². The molecule has 0 aromatic heterocycles. The number of aliphatic carboxylic acids is 1. The van der Waals surface area contributed by atoms with Crippen LogP contribution in [0.15, 0.2) is 18.2 Å². The van der Waals surface area contributed by atoms with Crippen LogP contribution in [-0.4, -0.2) is 34.0 Å². The monoisotopic (exact) mass is 273 g/mol. The zero-order valence-corrected chi connectivity index (χ0v) is 11.7. The van der Waals surface area contributed by atoms with Crippen LogP contribution in [0.2, 0.25) is 0 Å². The highest BCUT2D eigenvalue weighted by atomic mass is 16.4. The molecule has 4 heteroatoms. The summed E-state index contributed by atoms with van der Waals surface area (Å²) in [6.07, 6.45) is 4.31. The highest BCUT2D eigenvalue weighted by Crippen LogP contribution is 2.33. The third-order valence-corrected chi connectivity index (χ3v) is 4.72. The average Bonchev–Trinajstić information content (AvgIpc) is 3.04. The van der Waals surface area contributed by atoms with E-state index >= 15 is 0 Å². The van der Waals surface area contributed by atoms with Crippen molar-refractivity contribution in [1.29, 1.82) is 0 Å². The molecule has 1 aromatic carbocycles. The Bertz CT molecular complexity index is 581. The maximum absolute atomic E-state index is 12.8. The Kier molecular flexibility index (Phi) is 3.04. The first-order chi connectivity index (χ1) is 9.54. The first kappa shape index (κ1) is 13.2. The van der Waals surface area contributed by atoms with Gasteiger partial charge in [-0.05, 0) is 56.2 Å². The number of hydrogen-bond acceptors (Lipinski definition) is 2. The van der Waals surface area contributed by atoms with Crippen LogP contribution in [-0.2, 0) is 17.6 Å². The second kappa shape index (κ2) is 4.62. The van der Waals surface area contributed by atoms with Gasteiger partial charge in [0.1, 0.15) is 5.54 Å². The normalized spacial score (nSPS) is 24.8. The predicted octanol–water partition coefficient (Wildman–Crippen LogP) is 2.25. The van der Waals surface area contributed by atoms with Gasteiger partial charge >= 0.3 is 5.97 Å². The van der Waals surface area contributed by atoms with E-state index in [0.29, 0.717) is 18.5 Å². The number of hydrogen-bond donors (Lipinski definition) is 1. The Hall–Kier alpha value is -1.84. The second-order valence-electron chi connectivity index (χ2n) is 5.94. The van der Waals surface area contributed by atoms with E-state index < -0.39 is 11.5 Å². The van der Waals surface area contributed by atoms with Crippen molar-refractivity contribution in [2.24, 2.45) is 0 Å². The molecule has 0 unspecified atom stereocenters. The van der Waals surface area contributed by atoms with Gasteiger partial charge in [-0.1, -0.05) is 12.1 Å². The van der Waals surface area contributed by atoms with Gasteiger partial charge < -0.3 is 10.0 Å². The third kappa shape index (κ3) is 1.82. The van der Waals surface area contributed by atoms with Gasteiger partial charge in [0.05, 0.1) is 0 Å². The lowest BCUT2D eigenvalue weighted by molar-refractivity contribution is -0.147. The molecule has 1 aliphatic carbocycles. The number of benzene rings is 1. The third-order valence-electron chi connectivity index (χ3n) is 4.72. The molecule has 1 aromatic rings. The van der Waals surface area contributed by atoms with Crippen LogP contribution >= 0.6 is 0 Å². The van der Waals surface area contributed by atoms with E-state index in [2.05, 4.69) is 6.07 Å². The van der Waals surface area contributed by atoms with Crippen LogP contribution in [0.5, 0.6) is 0 Å². The Labute approximate surface area is 118 Å². The topological polar surface area (TPSA) is 57.6 Å². The molecule has 1 saturated heterocycles. The van der Waals surface area contributed by atoms with Crippen LogP contribution in [0.25, 0.3) is 0 Å². The fraction of sp³-hybridized carbons (Fsp3) is 0.500. The fourth-order valence-corrected chi connectivity index (χ4v) is 3.48. The smallest absolute Gasteiger partial charge is 0.329 e. The number of carboxylic acid groups (broad SMARTS) is 1. The molecule has 0 saturated carbocycles. The lowest BCUT2D eigenvalue weighted by atomic mass is 9.97. The Morgan fingerprint density at radius 2 is 2.05 bits per heavy atom. The number of likely N-dealkylation sites (tertiary alicyclic amines) is 1. The molecule has 0 spiro atoms. The largest absolute Gasteiger partial charge is 0.480 e. The quantitative estimate of drug-likeness (QED) is 0.899. The SMILES string of the molecule is C[C@@]1(C(=O)O)CCCN1C(=O)c1cccc2c1CCC2. The maximum Gasteiger partial charge on any atom is 0.329 e. The molecule has 0 radical (unpaired) electrons. The molecule has 2 aliphatic rings. The van der Waals surface area contributed by atoms with Crippen molar-refractivity contribution in [3.05, 3.63) is 34.9 Å². The fourth-order valence-electron chi connectivity index (χ4n) is 3.48. The molecule has 1 amide bonds. The maximum atomic E-state index is 12.8. The summed E-state index contributed by atoms with van der Waals surface area (Å²) in [5.74, 6) is -1.03. The minimum atomic E-state index is -1.06. The van der Waals surface area contributed by atoms with Gasteiger partial charge in [0.25, 0.3) is 5.91 Å². The molecule has 0 bridgehead atoms. The number of amides is 1. The van der Waals surface area contributed by atoms with E-state index in [1.54, 1.807) is 11.8 Å². The molecule has 1 aliphatic heterocycles. The lowest BCUT2D eigenvalue weighted by Crippen LogP contribution is -2.50. The van der Waals surface area contributed by atoms with Crippen molar-refractivity contribution in [3.8, 4) is 0 Å². The number of aryl methyl sites for hydroxylation is 1. The van der Waals surface area contributed by atoms with E-state index in [0.717, 1.165) is 31.2 Å². The summed E-state index contributed by atoms with van der Waals surface area (Å²) in [5, 5.41) is 9.44. The van der Waals surface area contributed by atoms with Gasteiger partial charge in [-0.2, -0.15) is 0 Å². The van der Waals surface area contributed by atoms with E-state index in [1.807, 2.05) is 12.1 Å². The van der Waals surface area contributed by atoms with Crippen molar-refractivity contribution in [2.45, 2.75) is 44.6 Å². The number of rotatable bonds is 2. The Morgan fingerprint density at radius 3 is 2.80 bits per heavy atom. The summed E-state index contributed by atoms with van der Waals surface area (Å²) in [6, 6.07) is 5.82. The molecule has 1 N–H and O–H groups in total. The van der Waals surface area contributed by atoms with Crippen molar-refractivity contribution in [2.75, 3.05) is 6.54 Å². The van der Waals surface area contributed by atoms with Gasteiger partial charge in [-0.25, -0.2) is 4.79 Å². The molecule has 4 nitrogen and oxygen atoms in total. The number of fused-ring (bicyclic) bond motifs is 1. The molecule has 3 rings (SSSR count). The van der Waals surface area contributed by atoms with Crippen LogP contribution in [0.4, 0.5) is 0 Å². The average molecular weight is 273 g/mol. The van der Waals surface area contributed by atoms with Crippen molar-refractivity contribution >= 4 is 11.9 Å². The molecule has 106 valence electrons.